The van der Waals surface area contributed by atoms with Crippen molar-refractivity contribution < 1.29 is 52.5 Å². The van der Waals surface area contributed by atoms with Crippen molar-refractivity contribution in [1.29, 1.82) is 0 Å². The molecule has 5 aromatic rings. The van der Waals surface area contributed by atoms with Gasteiger partial charge in [-0.15, -0.1) is 11.6 Å². The van der Waals surface area contributed by atoms with E-state index in [1.165, 1.54) is 35.2 Å². The molecule has 0 aliphatic carbocycles. The molecular weight excluding hydrogens is 911 g/mol. The lowest BCUT2D eigenvalue weighted by molar-refractivity contribution is -0.128. The largest absolute Gasteiger partial charge is 0.524 e. The van der Waals surface area contributed by atoms with Crippen molar-refractivity contribution >= 4 is 93.7 Å². The Morgan fingerprint density at radius 2 is 1.61 bits per heavy atom. The molecule has 1 aliphatic heterocycles. The molecule has 1 aromatic heterocycles. The standard InChI is InChI=1S/C44H52ClN10O11P/c1-24(2)39(49-17-16-48-37(56)23-65-47)42(59)54-33(8-5-15-50-44(46)61)41(58)51-28-11-9-25(10-12-28)40(57)52-29-13-14-32-26(18-29)19-34(53-32)43(60)55-22-27(21-45)38-31-7-4-3-6-30(31)36(20-35(38)55)66-67(62,63)64/h3-4,6-7,9-14,18-20,24,27,33,39,49,53H,5,8,15-17,21-23,47H2,1-2H3,(H,48,56)(H,51,58)(H,52,57)(H,54,59)(H3,46,50,61)(H2,62,63,64)/t27-,33+,39+/m1/s1. The number of hydrogen-bond acceptors (Lipinski definition) is 11. The smallest absolute Gasteiger partial charge is 0.404 e. The molecule has 2 heterocycles. The molecule has 3 atom stereocenters. The third kappa shape index (κ3) is 12.9. The summed E-state index contributed by atoms with van der Waals surface area (Å²) in [5.74, 6) is 2.25. The number of alkyl halides is 1. The van der Waals surface area contributed by atoms with Gasteiger partial charge in [-0.05, 0) is 78.2 Å². The van der Waals surface area contributed by atoms with Crippen LogP contribution in [0.25, 0.3) is 21.7 Å². The minimum atomic E-state index is -4.95. The lowest BCUT2D eigenvalue weighted by Crippen LogP contribution is -2.54. The van der Waals surface area contributed by atoms with E-state index >= 15 is 0 Å². The molecule has 23 heteroatoms. The number of rotatable bonds is 21. The predicted octanol–water partition coefficient (Wildman–Crippen LogP) is 3.52. The van der Waals surface area contributed by atoms with Gasteiger partial charge in [0.05, 0.1) is 11.7 Å². The van der Waals surface area contributed by atoms with Gasteiger partial charge in [0, 0.05) is 77.3 Å². The van der Waals surface area contributed by atoms with Crippen LogP contribution in [0, 0.1) is 5.92 Å². The second-order valence-corrected chi connectivity index (χ2v) is 17.5. The zero-order valence-corrected chi connectivity index (χ0v) is 38.1. The van der Waals surface area contributed by atoms with Crippen LogP contribution in [0.1, 0.15) is 59.0 Å². The van der Waals surface area contributed by atoms with E-state index in [1.807, 2.05) is 13.8 Å². The highest BCUT2D eigenvalue weighted by molar-refractivity contribution is 7.46. The Hall–Kier alpha value is -6.58. The Bertz CT molecular complexity index is 2690. The van der Waals surface area contributed by atoms with Crippen LogP contribution in [0.4, 0.5) is 21.9 Å². The molecule has 0 bridgehead atoms. The highest BCUT2D eigenvalue weighted by Gasteiger charge is 2.36. The van der Waals surface area contributed by atoms with Gasteiger partial charge in [-0.3, -0.25) is 38.6 Å². The van der Waals surface area contributed by atoms with Gasteiger partial charge in [0.1, 0.15) is 24.1 Å². The third-order valence-electron chi connectivity index (χ3n) is 10.9. The average molecular weight is 963 g/mol. The maximum absolute atomic E-state index is 14.1. The van der Waals surface area contributed by atoms with Crippen LogP contribution in [0.5, 0.6) is 5.75 Å². The van der Waals surface area contributed by atoms with E-state index in [0.717, 1.165) is 5.56 Å². The lowest BCUT2D eigenvalue weighted by Gasteiger charge is -2.25. The van der Waals surface area contributed by atoms with Crippen LogP contribution in [-0.4, -0.2) is 101 Å². The number of carbonyl (C=O) groups is 6. The van der Waals surface area contributed by atoms with E-state index in [9.17, 15) is 43.1 Å². The number of aromatic amines is 1. The van der Waals surface area contributed by atoms with Gasteiger partial charge in [-0.1, -0.05) is 38.1 Å². The molecule has 6 rings (SSSR count). The van der Waals surface area contributed by atoms with Crippen molar-refractivity contribution in [3.05, 3.63) is 95.7 Å². The molecule has 0 unspecified atom stereocenters. The van der Waals surface area contributed by atoms with Crippen LogP contribution in [0.15, 0.2) is 78.9 Å². The summed E-state index contributed by atoms with van der Waals surface area (Å²) in [6.45, 7) is 4.14. The number of nitrogens with two attached hydrogens (primary N) is 2. The zero-order valence-electron chi connectivity index (χ0n) is 36.5. The van der Waals surface area contributed by atoms with Crippen molar-refractivity contribution in [3.8, 4) is 5.75 Å². The van der Waals surface area contributed by atoms with Crippen LogP contribution in [-0.2, 0) is 23.8 Å². The summed E-state index contributed by atoms with van der Waals surface area (Å²) in [6.07, 6.45) is 0.456. The summed E-state index contributed by atoms with van der Waals surface area (Å²) >= 11 is 6.40. The quantitative estimate of drug-likeness (QED) is 0.0217. The first-order chi connectivity index (χ1) is 32.0. The maximum Gasteiger partial charge on any atom is 0.524 e. The van der Waals surface area contributed by atoms with Crippen molar-refractivity contribution in [1.82, 2.24) is 26.3 Å². The highest BCUT2D eigenvalue weighted by Crippen LogP contribution is 2.49. The topological polar surface area (TPSA) is 322 Å². The number of amides is 7. The molecule has 0 spiro atoms. The van der Waals surface area contributed by atoms with E-state index in [0.29, 0.717) is 45.2 Å². The fourth-order valence-electron chi connectivity index (χ4n) is 7.78. The van der Waals surface area contributed by atoms with Crippen LogP contribution >= 0.6 is 19.4 Å². The number of H-pyrrole nitrogens is 1. The van der Waals surface area contributed by atoms with Gasteiger partial charge in [-0.25, -0.2) is 15.3 Å². The van der Waals surface area contributed by atoms with Crippen LogP contribution < -0.4 is 53.0 Å². The Labute approximate surface area is 389 Å². The molecular formula is C44H52ClN10O11P. The summed E-state index contributed by atoms with van der Waals surface area (Å²) in [6, 6.07) is 18.7. The fourth-order valence-corrected chi connectivity index (χ4v) is 8.44. The molecule has 67 heavy (non-hydrogen) atoms. The lowest BCUT2D eigenvalue weighted by atomic mass is 9.95. The van der Waals surface area contributed by atoms with Gasteiger partial charge in [0.25, 0.3) is 11.8 Å². The van der Waals surface area contributed by atoms with E-state index in [1.54, 1.807) is 48.5 Å². The molecule has 0 saturated carbocycles. The number of phosphoric ester groups is 1. The molecule has 1 aliphatic rings. The van der Waals surface area contributed by atoms with Gasteiger partial charge in [-0.2, -0.15) is 0 Å². The van der Waals surface area contributed by atoms with Crippen molar-refractivity contribution in [3.63, 3.8) is 0 Å². The van der Waals surface area contributed by atoms with E-state index < -0.39 is 55.5 Å². The molecule has 0 radical (unpaired) electrons. The van der Waals surface area contributed by atoms with Gasteiger partial charge < -0.3 is 52.0 Å². The SMILES string of the molecule is CC(C)[C@H](NCCNC(=O)CON)C(=O)N[C@@H](CCCNC(N)=O)C(=O)Nc1ccc(C(=O)Nc2ccc3[nH]c(C(=O)N4C[C@@H](CCl)c5c4cc(OP(=O)(O)O)c4ccccc54)cc3c2)cc1. The fraction of sp³-hybridized carbons (Fsp3) is 0.318. The number of halogens is 1. The number of nitrogens with one attached hydrogen (secondary N) is 7. The summed E-state index contributed by atoms with van der Waals surface area (Å²) in [7, 11) is -4.95. The summed E-state index contributed by atoms with van der Waals surface area (Å²) in [5, 5.41) is 18.3. The van der Waals surface area contributed by atoms with Gasteiger partial charge in [0.15, 0.2) is 0 Å². The molecule has 7 amide bonds. The molecule has 21 nitrogen and oxygen atoms in total. The van der Waals surface area contributed by atoms with E-state index in [2.05, 4.69) is 41.7 Å². The first-order valence-corrected chi connectivity index (χ1v) is 23.2. The summed E-state index contributed by atoms with van der Waals surface area (Å²) in [4.78, 5) is 106. The number of primary amides is 1. The molecule has 356 valence electrons. The Morgan fingerprint density at radius 1 is 0.896 bits per heavy atom. The first kappa shape index (κ1) is 49.8. The minimum absolute atomic E-state index is 0.0768. The predicted molar refractivity (Wildman–Crippen MR) is 252 cm³/mol. The van der Waals surface area contributed by atoms with Crippen LogP contribution in [0.3, 0.4) is 0 Å². The normalized spacial score (nSPS) is 14.3. The zero-order chi connectivity index (χ0) is 48.4. The number of anilines is 3. The van der Waals surface area contributed by atoms with Gasteiger partial charge in [0.2, 0.25) is 17.7 Å². The second-order valence-electron chi connectivity index (χ2n) is 16.0. The number of nitrogens with zero attached hydrogens (tertiary/aromatic N) is 1. The number of fused-ring (bicyclic) bond motifs is 4. The Morgan fingerprint density at radius 3 is 2.28 bits per heavy atom. The minimum Gasteiger partial charge on any atom is -0.404 e. The molecule has 0 fully saturated rings. The average Bonchev–Trinajstić information content (AvgIpc) is 3.88. The highest BCUT2D eigenvalue weighted by atomic mass is 35.5. The number of carbonyl (C=O) groups excluding carboxylic acids is 6. The van der Waals surface area contributed by atoms with Crippen molar-refractivity contribution in [2.24, 2.45) is 17.5 Å². The van der Waals surface area contributed by atoms with Crippen molar-refractivity contribution in [2.45, 2.75) is 44.7 Å². The molecule has 4 aromatic carbocycles. The number of hydrogen-bond donors (Lipinski definition) is 11. The second kappa shape index (κ2) is 22.3. The van der Waals surface area contributed by atoms with Crippen molar-refractivity contribution in [2.75, 3.05) is 54.2 Å². The summed E-state index contributed by atoms with van der Waals surface area (Å²) in [5.41, 5.74) is 8.22. The molecule has 13 N–H and O–H groups in total. The van der Waals surface area contributed by atoms with E-state index in [4.69, 9.17) is 27.8 Å². The maximum atomic E-state index is 14.1. The van der Waals surface area contributed by atoms with Gasteiger partial charge >= 0.3 is 13.9 Å². The number of benzene rings is 4. The monoisotopic (exact) mass is 962 g/mol. The van der Waals surface area contributed by atoms with E-state index in [-0.39, 0.29) is 73.9 Å². The number of aromatic nitrogens is 1. The third-order valence-corrected chi connectivity index (χ3v) is 11.7. The number of phosphoric acid groups is 1. The van der Waals surface area contributed by atoms with Crippen LogP contribution in [0.2, 0.25) is 0 Å². The molecule has 0 saturated heterocycles. The Kier molecular flexibility index (Phi) is 16.6. The first-order valence-electron chi connectivity index (χ1n) is 21.1. The number of urea groups is 1. The Balaban J connectivity index is 1.11. The summed E-state index contributed by atoms with van der Waals surface area (Å²) < 4.78 is 17.0.